The van der Waals surface area contributed by atoms with Gasteiger partial charge in [-0.05, 0) is 71.1 Å². The molecule has 2 aromatic rings. The van der Waals surface area contributed by atoms with Crippen LogP contribution in [0.1, 0.15) is 16.8 Å². The van der Waals surface area contributed by atoms with Gasteiger partial charge in [0.05, 0.1) is 18.8 Å². The topological polar surface area (TPSA) is 55.8 Å². The molecular formula is C16H15IO4. The minimum Gasteiger partial charge on any atom is -0.493 e. The molecule has 0 saturated heterocycles. The second-order valence-electron chi connectivity index (χ2n) is 4.33. The van der Waals surface area contributed by atoms with Gasteiger partial charge in [-0.15, -0.1) is 0 Å². The lowest BCUT2D eigenvalue weighted by Gasteiger charge is -2.08. The maximum atomic E-state index is 10.7. The first-order valence-electron chi connectivity index (χ1n) is 6.50. The highest BCUT2D eigenvalue weighted by Gasteiger charge is 2.02. The van der Waals surface area contributed by atoms with Gasteiger partial charge in [0.2, 0.25) is 0 Å². The van der Waals surface area contributed by atoms with Crippen LogP contribution < -0.4 is 9.47 Å². The van der Waals surface area contributed by atoms with Crippen molar-refractivity contribution in [2.24, 2.45) is 0 Å². The fraction of sp³-hybridized carbons (Fsp3) is 0.188. The van der Waals surface area contributed by atoms with Gasteiger partial charge < -0.3 is 14.6 Å². The molecule has 110 valence electrons. The molecule has 0 aromatic heterocycles. The molecule has 21 heavy (non-hydrogen) atoms. The molecular weight excluding hydrogens is 383 g/mol. The number of carbonyl (C=O) groups is 1. The van der Waals surface area contributed by atoms with Gasteiger partial charge in [-0.25, -0.2) is 4.79 Å². The number of ether oxygens (including phenoxy) is 2. The Kier molecular flexibility index (Phi) is 5.86. The molecule has 0 aliphatic carbocycles. The van der Waals surface area contributed by atoms with E-state index < -0.39 is 5.97 Å². The van der Waals surface area contributed by atoms with Crippen LogP contribution in [0.15, 0.2) is 48.5 Å². The SMILES string of the molecule is O=C(O)c1ccc(OCCCOc2ccc(I)cc2)cc1. The first-order valence-corrected chi connectivity index (χ1v) is 7.57. The molecule has 1 N–H and O–H groups in total. The van der Waals surface area contributed by atoms with Crippen molar-refractivity contribution in [2.75, 3.05) is 13.2 Å². The van der Waals surface area contributed by atoms with Crippen molar-refractivity contribution in [1.82, 2.24) is 0 Å². The highest BCUT2D eigenvalue weighted by atomic mass is 127. The Bertz CT molecular complexity index is 578. The summed E-state index contributed by atoms with van der Waals surface area (Å²) in [4.78, 5) is 10.7. The summed E-state index contributed by atoms with van der Waals surface area (Å²) in [6.07, 6.45) is 0.757. The van der Waals surface area contributed by atoms with Crippen molar-refractivity contribution in [3.05, 3.63) is 57.7 Å². The van der Waals surface area contributed by atoms with Crippen LogP contribution in [0.25, 0.3) is 0 Å². The average Bonchev–Trinajstić information content (AvgIpc) is 2.49. The van der Waals surface area contributed by atoms with Crippen LogP contribution in [0.5, 0.6) is 11.5 Å². The fourth-order valence-corrected chi connectivity index (χ4v) is 2.02. The number of carboxylic acids is 1. The standard InChI is InChI=1S/C16H15IO4/c17-13-4-8-15(9-5-13)21-11-1-10-20-14-6-2-12(3-7-14)16(18)19/h2-9H,1,10-11H2,(H,18,19). The summed E-state index contributed by atoms with van der Waals surface area (Å²) in [6, 6.07) is 14.2. The number of aromatic carboxylic acids is 1. The Hall–Kier alpha value is -1.76. The summed E-state index contributed by atoms with van der Waals surface area (Å²) < 4.78 is 12.3. The third kappa shape index (κ3) is 5.26. The van der Waals surface area contributed by atoms with Crippen LogP contribution in [0.4, 0.5) is 0 Å². The van der Waals surface area contributed by atoms with Gasteiger partial charge in [-0.3, -0.25) is 0 Å². The van der Waals surface area contributed by atoms with Gasteiger partial charge in [0.15, 0.2) is 0 Å². The summed E-state index contributed by atoms with van der Waals surface area (Å²) >= 11 is 2.25. The van der Waals surface area contributed by atoms with Gasteiger partial charge in [-0.1, -0.05) is 0 Å². The van der Waals surface area contributed by atoms with E-state index in [4.69, 9.17) is 14.6 Å². The molecule has 0 saturated carbocycles. The lowest BCUT2D eigenvalue weighted by atomic mass is 10.2. The zero-order valence-electron chi connectivity index (χ0n) is 11.3. The molecule has 0 bridgehead atoms. The van der Waals surface area contributed by atoms with Gasteiger partial charge in [0.1, 0.15) is 11.5 Å². The van der Waals surface area contributed by atoms with Crippen molar-refractivity contribution in [1.29, 1.82) is 0 Å². The molecule has 4 nitrogen and oxygen atoms in total. The van der Waals surface area contributed by atoms with Gasteiger partial charge in [0, 0.05) is 9.99 Å². The molecule has 0 unspecified atom stereocenters. The quantitative estimate of drug-likeness (QED) is 0.569. The summed E-state index contributed by atoms with van der Waals surface area (Å²) in [6.45, 7) is 1.10. The van der Waals surface area contributed by atoms with Gasteiger partial charge in [-0.2, -0.15) is 0 Å². The molecule has 0 heterocycles. The Balaban J connectivity index is 1.67. The van der Waals surface area contributed by atoms with E-state index in [1.165, 1.54) is 15.7 Å². The van der Waals surface area contributed by atoms with E-state index in [1.54, 1.807) is 12.1 Å². The first kappa shape index (κ1) is 15.6. The molecule has 0 aliphatic heterocycles. The molecule has 2 rings (SSSR count). The third-order valence-electron chi connectivity index (χ3n) is 2.74. The predicted octanol–water partition coefficient (Wildman–Crippen LogP) is 3.84. The summed E-state index contributed by atoms with van der Waals surface area (Å²) in [5, 5.41) is 8.79. The van der Waals surface area contributed by atoms with E-state index in [9.17, 15) is 4.79 Å². The largest absolute Gasteiger partial charge is 0.493 e. The van der Waals surface area contributed by atoms with Gasteiger partial charge >= 0.3 is 5.97 Å². The number of hydrogen-bond acceptors (Lipinski definition) is 3. The minimum atomic E-state index is -0.938. The number of rotatable bonds is 7. The van der Waals surface area contributed by atoms with E-state index in [2.05, 4.69) is 22.6 Å². The van der Waals surface area contributed by atoms with Crippen molar-refractivity contribution in [3.63, 3.8) is 0 Å². The zero-order chi connectivity index (χ0) is 15.1. The van der Waals surface area contributed by atoms with Crippen molar-refractivity contribution < 1.29 is 19.4 Å². The highest BCUT2D eigenvalue weighted by Crippen LogP contribution is 2.14. The predicted molar refractivity (Wildman–Crippen MR) is 88.2 cm³/mol. The molecule has 0 atom stereocenters. The highest BCUT2D eigenvalue weighted by molar-refractivity contribution is 14.1. The molecule has 0 fully saturated rings. The van der Waals surface area contributed by atoms with Crippen LogP contribution in [0, 0.1) is 3.57 Å². The Morgan fingerprint density at radius 3 is 1.86 bits per heavy atom. The molecule has 2 aromatic carbocycles. The lowest BCUT2D eigenvalue weighted by Crippen LogP contribution is -2.05. The Labute approximate surface area is 136 Å². The van der Waals surface area contributed by atoms with Crippen LogP contribution in [0.2, 0.25) is 0 Å². The normalized spacial score (nSPS) is 10.1. The molecule has 5 heteroatoms. The molecule has 0 amide bonds. The number of benzene rings is 2. The van der Waals surface area contributed by atoms with Crippen molar-refractivity contribution in [2.45, 2.75) is 6.42 Å². The van der Waals surface area contributed by atoms with E-state index in [0.717, 1.165) is 12.2 Å². The summed E-state index contributed by atoms with van der Waals surface area (Å²) in [5.74, 6) is 0.572. The number of halogens is 1. The Morgan fingerprint density at radius 1 is 0.905 bits per heavy atom. The van der Waals surface area contributed by atoms with Crippen molar-refractivity contribution >= 4 is 28.6 Å². The zero-order valence-corrected chi connectivity index (χ0v) is 13.4. The van der Waals surface area contributed by atoms with E-state index in [1.807, 2.05) is 24.3 Å². The van der Waals surface area contributed by atoms with Crippen LogP contribution in [-0.4, -0.2) is 24.3 Å². The molecule has 0 aliphatic rings. The maximum absolute atomic E-state index is 10.7. The monoisotopic (exact) mass is 398 g/mol. The van der Waals surface area contributed by atoms with E-state index in [-0.39, 0.29) is 5.56 Å². The molecule has 0 spiro atoms. The number of carboxylic acid groups (broad SMARTS) is 1. The van der Waals surface area contributed by atoms with Crippen LogP contribution >= 0.6 is 22.6 Å². The fourth-order valence-electron chi connectivity index (χ4n) is 1.66. The van der Waals surface area contributed by atoms with Gasteiger partial charge in [0.25, 0.3) is 0 Å². The van der Waals surface area contributed by atoms with Crippen molar-refractivity contribution in [3.8, 4) is 11.5 Å². The Morgan fingerprint density at radius 2 is 1.38 bits per heavy atom. The minimum absolute atomic E-state index is 0.254. The summed E-state index contributed by atoms with van der Waals surface area (Å²) in [7, 11) is 0. The van der Waals surface area contributed by atoms with E-state index in [0.29, 0.717) is 19.0 Å². The smallest absolute Gasteiger partial charge is 0.335 e. The second-order valence-corrected chi connectivity index (χ2v) is 5.58. The molecule has 0 radical (unpaired) electrons. The number of hydrogen-bond donors (Lipinski definition) is 1. The lowest BCUT2D eigenvalue weighted by molar-refractivity contribution is 0.0697. The van der Waals surface area contributed by atoms with E-state index >= 15 is 0 Å². The van der Waals surface area contributed by atoms with Crippen LogP contribution in [-0.2, 0) is 0 Å². The average molecular weight is 398 g/mol. The summed E-state index contributed by atoms with van der Waals surface area (Å²) in [5.41, 5.74) is 0.254. The maximum Gasteiger partial charge on any atom is 0.335 e. The second kappa shape index (κ2) is 7.87. The van der Waals surface area contributed by atoms with Crippen LogP contribution in [0.3, 0.4) is 0 Å². The first-order chi connectivity index (χ1) is 10.1. The third-order valence-corrected chi connectivity index (χ3v) is 3.46.